The van der Waals surface area contributed by atoms with Crippen LogP contribution in [0.15, 0.2) is 30.3 Å². The lowest BCUT2D eigenvalue weighted by molar-refractivity contribution is 0.151. The standard InChI is InChI=1S/C18H32O3P/c1-15(2)12-19-22(14-17(5)6,20-13-16(3)4)21-18-10-8-7-9-11-18/h7-11,15-17H,12-14H2,1-6H3/q+1. The lowest BCUT2D eigenvalue weighted by atomic mass is 10.2. The third-order valence-corrected chi connectivity index (χ3v) is 5.54. The Labute approximate surface area is 136 Å². The minimum atomic E-state index is -2.38. The molecule has 0 aromatic heterocycles. The van der Waals surface area contributed by atoms with Gasteiger partial charge in [0.25, 0.3) is 0 Å². The van der Waals surface area contributed by atoms with Gasteiger partial charge in [-0.05, 0) is 29.9 Å². The summed E-state index contributed by atoms with van der Waals surface area (Å²) in [4.78, 5) is 0. The van der Waals surface area contributed by atoms with Crippen molar-refractivity contribution in [3.05, 3.63) is 30.3 Å². The Morgan fingerprint density at radius 1 is 0.773 bits per heavy atom. The van der Waals surface area contributed by atoms with Gasteiger partial charge in [0.05, 0.1) is 0 Å². The fraction of sp³-hybridized carbons (Fsp3) is 0.667. The molecular formula is C18H32O3P+. The Balaban J connectivity index is 2.94. The van der Waals surface area contributed by atoms with E-state index in [0.717, 1.165) is 11.9 Å². The van der Waals surface area contributed by atoms with Gasteiger partial charge in [0.2, 0.25) is 0 Å². The second kappa shape index (κ2) is 9.50. The predicted molar refractivity (Wildman–Crippen MR) is 95.3 cm³/mol. The first kappa shape index (κ1) is 19.4. The van der Waals surface area contributed by atoms with E-state index in [9.17, 15) is 0 Å². The first-order valence-corrected chi connectivity index (χ1v) is 9.97. The molecule has 0 atom stereocenters. The van der Waals surface area contributed by atoms with Crippen LogP contribution in [-0.2, 0) is 9.05 Å². The topological polar surface area (TPSA) is 27.7 Å². The van der Waals surface area contributed by atoms with E-state index in [0.29, 0.717) is 31.0 Å². The van der Waals surface area contributed by atoms with Crippen molar-refractivity contribution in [3.8, 4) is 5.75 Å². The molecule has 0 bridgehead atoms. The molecule has 0 fully saturated rings. The zero-order valence-corrected chi connectivity index (χ0v) is 15.8. The molecule has 0 spiro atoms. The Morgan fingerprint density at radius 3 is 1.68 bits per heavy atom. The molecule has 0 unspecified atom stereocenters. The molecule has 0 aliphatic heterocycles. The highest BCUT2D eigenvalue weighted by Crippen LogP contribution is 2.63. The number of hydrogen-bond acceptors (Lipinski definition) is 3. The highest BCUT2D eigenvalue weighted by atomic mass is 31.2. The van der Waals surface area contributed by atoms with Crippen molar-refractivity contribution in [2.24, 2.45) is 17.8 Å². The van der Waals surface area contributed by atoms with Crippen LogP contribution in [0.2, 0.25) is 0 Å². The number of benzene rings is 1. The molecule has 22 heavy (non-hydrogen) atoms. The van der Waals surface area contributed by atoms with E-state index in [4.69, 9.17) is 13.6 Å². The quantitative estimate of drug-likeness (QED) is 0.506. The van der Waals surface area contributed by atoms with E-state index in [1.54, 1.807) is 0 Å². The summed E-state index contributed by atoms with van der Waals surface area (Å²) in [6.07, 6.45) is 0.807. The summed E-state index contributed by atoms with van der Waals surface area (Å²) in [7, 11) is -2.38. The molecule has 1 aromatic carbocycles. The van der Waals surface area contributed by atoms with Gasteiger partial charge in [-0.3, -0.25) is 4.52 Å². The van der Waals surface area contributed by atoms with Gasteiger partial charge < -0.3 is 0 Å². The van der Waals surface area contributed by atoms with Crippen molar-refractivity contribution in [3.63, 3.8) is 0 Å². The van der Waals surface area contributed by atoms with Crippen molar-refractivity contribution >= 4 is 7.94 Å². The highest BCUT2D eigenvalue weighted by Gasteiger charge is 2.47. The lowest BCUT2D eigenvalue weighted by Crippen LogP contribution is -2.20. The first-order valence-electron chi connectivity index (χ1n) is 8.24. The molecule has 1 aromatic rings. The molecule has 126 valence electrons. The van der Waals surface area contributed by atoms with E-state index in [1.807, 2.05) is 30.3 Å². The van der Waals surface area contributed by atoms with Gasteiger partial charge in [-0.15, -0.1) is 0 Å². The SMILES string of the molecule is CC(C)CO[P+](CC(C)C)(OCC(C)C)Oc1ccccc1. The smallest absolute Gasteiger partial charge is 0.287 e. The summed E-state index contributed by atoms with van der Waals surface area (Å²) in [5.74, 6) is 2.18. The average molecular weight is 327 g/mol. The fourth-order valence-electron chi connectivity index (χ4n) is 1.85. The van der Waals surface area contributed by atoms with E-state index < -0.39 is 7.94 Å². The minimum Gasteiger partial charge on any atom is -0.287 e. The Bertz CT molecular complexity index is 392. The van der Waals surface area contributed by atoms with Gasteiger partial charge in [-0.2, -0.15) is 9.05 Å². The van der Waals surface area contributed by atoms with Crippen molar-refractivity contribution in [2.75, 3.05) is 19.4 Å². The van der Waals surface area contributed by atoms with Crippen LogP contribution in [0.1, 0.15) is 41.5 Å². The molecule has 1 rings (SSSR count). The van der Waals surface area contributed by atoms with Crippen molar-refractivity contribution in [1.82, 2.24) is 0 Å². The zero-order valence-electron chi connectivity index (χ0n) is 14.9. The molecule has 0 heterocycles. The normalized spacial score (nSPS) is 12.4. The van der Waals surface area contributed by atoms with Gasteiger partial charge in [0.1, 0.15) is 13.2 Å². The van der Waals surface area contributed by atoms with Crippen LogP contribution < -0.4 is 4.52 Å². The minimum absolute atomic E-state index is 0.452. The molecular weight excluding hydrogens is 295 g/mol. The molecule has 3 nitrogen and oxygen atoms in total. The Hall–Kier alpha value is -0.630. The molecule has 4 heteroatoms. The van der Waals surface area contributed by atoms with E-state index in [1.165, 1.54) is 0 Å². The lowest BCUT2D eigenvalue weighted by Gasteiger charge is -2.25. The molecule has 0 saturated heterocycles. The van der Waals surface area contributed by atoms with Crippen LogP contribution in [0, 0.1) is 17.8 Å². The third-order valence-electron chi connectivity index (χ3n) is 2.79. The van der Waals surface area contributed by atoms with Crippen molar-refractivity contribution in [1.29, 1.82) is 0 Å². The Kier molecular flexibility index (Phi) is 8.38. The van der Waals surface area contributed by atoms with E-state index in [2.05, 4.69) is 41.5 Å². The van der Waals surface area contributed by atoms with Crippen molar-refractivity contribution < 1.29 is 13.6 Å². The summed E-state index contributed by atoms with van der Waals surface area (Å²) in [5.41, 5.74) is 0. The molecule has 0 aliphatic rings. The van der Waals surface area contributed by atoms with Gasteiger partial charge in [-0.1, -0.05) is 59.7 Å². The van der Waals surface area contributed by atoms with Gasteiger partial charge in [-0.25, -0.2) is 0 Å². The van der Waals surface area contributed by atoms with E-state index >= 15 is 0 Å². The number of para-hydroxylation sites is 1. The zero-order chi connectivity index (χ0) is 16.6. The van der Waals surface area contributed by atoms with Gasteiger partial charge >= 0.3 is 7.94 Å². The molecule has 0 amide bonds. The largest absolute Gasteiger partial charge is 0.457 e. The summed E-state index contributed by atoms with van der Waals surface area (Å²) in [5, 5.41) is 0. The van der Waals surface area contributed by atoms with Crippen LogP contribution >= 0.6 is 7.94 Å². The number of hydrogen-bond donors (Lipinski definition) is 0. The summed E-state index contributed by atoms with van der Waals surface area (Å²) in [6.45, 7) is 14.3. The van der Waals surface area contributed by atoms with Crippen molar-refractivity contribution in [2.45, 2.75) is 41.5 Å². The maximum atomic E-state index is 6.28. The highest BCUT2D eigenvalue weighted by molar-refractivity contribution is 7.62. The van der Waals surface area contributed by atoms with Gasteiger partial charge in [0.15, 0.2) is 11.9 Å². The third kappa shape index (κ3) is 7.58. The summed E-state index contributed by atoms with van der Waals surface area (Å²) in [6, 6.07) is 9.87. The molecule has 0 saturated carbocycles. The van der Waals surface area contributed by atoms with Gasteiger partial charge in [0, 0.05) is 0 Å². The van der Waals surface area contributed by atoms with Crippen LogP contribution in [0.4, 0.5) is 0 Å². The van der Waals surface area contributed by atoms with E-state index in [-0.39, 0.29) is 0 Å². The monoisotopic (exact) mass is 327 g/mol. The second-order valence-electron chi connectivity index (χ2n) is 6.97. The van der Waals surface area contributed by atoms with Crippen LogP contribution in [0.3, 0.4) is 0 Å². The Morgan fingerprint density at radius 2 is 1.27 bits per heavy atom. The molecule has 0 aliphatic carbocycles. The predicted octanol–water partition coefficient (Wildman–Crippen LogP) is 5.83. The maximum absolute atomic E-state index is 6.28. The summed E-state index contributed by atoms with van der Waals surface area (Å²) >= 11 is 0. The first-order chi connectivity index (χ1) is 10.3. The molecule has 0 radical (unpaired) electrons. The second-order valence-corrected chi connectivity index (χ2v) is 9.26. The summed E-state index contributed by atoms with van der Waals surface area (Å²) < 4.78 is 18.7. The maximum Gasteiger partial charge on any atom is 0.457 e. The molecule has 0 N–H and O–H groups in total. The average Bonchev–Trinajstić information content (AvgIpc) is 2.43. The van der Waals surface area contributed by atoms with Crippen LogP contribution in [-0.4, -0.2) is 19.4 Å². The van der Waals surface area contributed by atoms with Crippen LogP contribution in [0.25, 0.3) is 0 Å². The van der Waals surface area contributed by atoms with Crippen LogP contribution in [0.5, 0.6) is 5.75 Å². The number of rotatable bonds is 10. The fourth-order valence-corrected chi connectivity index (χ4v) is 4.70.